The second-order valence-corrected chi connectivity index (χ2v) is 6.27. The fraction of sp³-hybridized carbons (Fsp3) is 0.118. The summed E-state index contributed by atoms with van der Waals surface area (Å²) >= 11 is 3.39. The quantitative estimate of drug-likeness (QED) is 0.506. The van der Waals surface area contributed by atoms with E-state index in [0.717, 1.165) is 9.86 Å². The first-order chi connectivity index (χ1) is 11.4. The van der Waals surface area contributed by atoms with Gasteiger partial charge in [0.2, 0.25) is 0 Å². The van der Waals surface area contributed by atoms with Crippen molar-refractivity contribution in [2.75, 3.05) is 5.32 Å². The normalized spacial score (nSPS) is 10.8. The molecule has 3 aromatic rings. The molecule has 1 aromatic heterocycles. The summed E-state index contributed by atoms with van der Waals surface area (Å²) in [6.45, 7) is 3.39. The van der Waals surface area contributed by atoms with Crippen LogP contribution in [0.2, 0.25) is 0 Å². The highest BCUT2D eigenvalue weighted by atomic mass is 79.9. The van der Waals surface area contributed by atoms with Crippen LogP contribution in [-0.4, -0.2) is 10.8 Å². The number of nitro benzene ring substituents is 1. The zero-order chi connectivity index (χ0) is 17.4. The van der Waals surface area contributed by atoms with E-state index in [4.69, 9.17) is 4.42 Å². The lowest BCUT2D eigenvalue weighted by atomic mass is 10.1. The van der Waals surface area contributed by atoms with E-state index in [0.29, 0.717) is 22.4 Å². The molecule has 0 spiro atoms. The maximum absolute atomic E-state index is 12.5. The van der Waals surface area contributed by atoms with Crippen LogP contribution < -0.4 is 5.32 Å². The smallest absolute Gasteiger partial charge is 0.291 e. The van der Waals surface area contributed by atoms with Gasteiger partial charge in [0.05, 0.1) is 16.2 Å². The number of rotatable bonds is 3. The molecule has 0 aliphatic rings. The van der Waals surface area contributed by atoms with Gasteiger partial charge in [-0.15, -0.1) is 0 Å². The van der Waals surface area contributed by atoms with Gasteiger partial charge in [-0.25, -0.2) is 0 Å². The number of halogens is 1. The molecule has 3 rings (SSSR count). The van der Waals surface area contributed by atoms with Gasteiger partial charge < -0.3 is 9.73 Å². The molecule has 24 heavy (non-hydrogen) atoms. The SMILES string of the molecule is Cc1c(NC(=O)c2oc3ccc(Br)cc3c2C)cccc1[N+](=O)[O-]. The lowest BCUT2D eigenvalue weighted by Crippen LogP contribution is -2.13. The first kappa shape index (κ1) is 16.2. The number of carbonyl (C=O) groups excluding carboxylic acids is 1. The summed E-state index contributed by atoms with van der Waals surface area (Å²) in [6, 6.07) is 10.0. The zero-order valence-corrected chi connectivity index (χ0v) is 14.5. The number of nitro groups is 1. The first-order valence-electron chi connectivity index (χ1n) is 7.12. The number of furan rings is 1. The van der Waals surface area contributed by atoms with Crippen molar-refractivity contribution < 1.29 is 14.1 Å². The summed E-state index contributed by atoms with van der Waals surface area (Å²) in [7, 11) is 0. The Morgan fingerprint density at radius 3 is 2.67 bits per heavy atom. The molecule has 1 heterocycles. The highest BCUT2D eigenvalue weighted by Gasteiger charge is 2.20. The van der Waals surface area contributed by atoms with Crippen molar-refractivity contribution in [1.82, 2.24) is 0 Å². The minimum absolute atomic E-state index is 0.0435. The van der Waals surface area contributed by atoms with Crippen molar-refractivity contribution in [2.45, 2.75) is 13.8 Å². The van der Waals surface area contributed by atoms with Gasteiger partial charge in [0.25, 0.3) is 11.6 Å². The van der Waals surface area contributed by atoms with Gasteiger partial charge in [-0.1, -0.05) is 22.0 Å². The number of fused-ring (bicyclic) bond motifs is 1. The fourth-order valence-corrected chi connectivity index (χ4v) is 2.91. The third-order valence-electron chi connectivity index (χ3n) is 3.85. The Morgan fingerprint density at radius 2 is 1.96 bits per heavy atom. The number of hydrogen-bond donors (Lipinski definition) is 1. The third-order valence-corrected chi connectivity index (χ3v) is 4.35. The fourth-order valence-electron chi connectivity index (χ4n) is 2.55. The van der Waals surface area contributed by atoms with Crippen LogP contribution in [0.4, 0.5) is 11.4 Å². The minimum Gasteiger partial charge on any atom is -0.451 e. The summed E-state index contributed by atoms with van der Waals surface area (Å²) in [4.78, 5) is 23.1. The van der Waals surface area contributed by atoms with E-state index >= 15 is 0 Å². The summed E-state index contributed by atoms with van der Waals surface area (Å²) < 4.78 is 6.53. The van der Waals surface area contributed by atoms with Crippen molar-refractivity contribution in [3.63, 3.8) is 0 Å². The number of nitrogens with one attached hydrogen (secondary N) is 1. The first-order valence-corrected chi connectivity index (χ1v) is 7.92. The molecule has 0 unspecified atom stereocenters. The highest BCUT2D eigenvalue weighted by molar-refractivity contribution is 9.10. The Bertz CT molecular complexity index is 978. The van der Waals surface area contributed by atoms with Crippen molar-refractivity contribution in [2.24, 2.45) is 0 Å². The van der Waals surface area contributed by atoms with E-state index in [-0.39, 0.29) is 11.4 Å². The predicted molar refractivity (Wildman–Crippen MR) is 94.4 cm³/mol. The van der Waals surface area contributed by atoms with Crippen LogP contribution in [0.15, 0.2) is 45.3 Å². The van der Waals surface area contributed by atoms with E-state index in [1.807, 2.05) is 12.1 Å². The number of nitrogens with zero attached hydrogens (tertiary/aromatic N) is 1. The number of hydrogen-bond acceptors (Lipinski definition) is 4. The number of aryl methyl sites for hydroxylation is 1. The molecule has 2 aromatic carbocycles. The standard InChI is InChI=1S/C17H13BrN2O4/c1-9-12-8-11(18)6-7-15(12)24-16(9)17(21)19-13-4-3-5-14(10(13)2)20(22)23/h3-8H,1-2H3,(H,19,21). The van der Waals surface area contributed by atoms with Gasteiger partial charge in [-0.2, -0.15) is 0 Å². The van der Waals surface area contributed by atoms with Crippen LogP contribution in [-0.2, 0) is 0 Å². The molecule has 0 atom stereocenters. The highest BCUT2D eigenvalue weighted by Crippen LogP contribution is 2.30. The van der Waals surface area contributed by atoms with Crippen LogP contribution in [0.1, 0.15) is 21.7 Å². The number of amides is 1. The molecule has 0 aliphatic carbocycles. The van der Waals surface area contributed by atoms with Crippen molar-refractivity contribution in [3.05, 3.63) is 67.9 Å². The molecule has 0 saturated heterocycles. The number of carbonyl (C=O) groups is 1. The minimum atomic E-state index is -0.477. The average molecular weight is 389 g/mol. The van der Waals surface area contributed by atoms with Crippen molar-refractivity contribution in [3.8, 4) is 0 Å². The largest absolute Gasteiger partial charge is 0.451 e. The summed E-state index contributed by atoms with van der Waals surface area (Å²) in [5, 5.41) is 14.5. The van der Waals surface area contributed by atoms with Crippen LogP contribution >= 0.6 is 15.9 Å². The molecule has 0 bridgehead atoms. The molecule has 1 amide bonds. The third kappa shape index (κ3) is 2.78. The Labute approximate surface area is 145 Å². The maximum Gasteiger partial charge on any atom is 0.291 e. The van der Waals surface area contributed by atoms with Crippen LogP contribution in [0.3, 0.4) is 0 Å². The lowest BCUT2D eigenvalue weighted by molar-refractivity contribution is -0.385. The monoisotopic (exact) mass is 388 g/mol. The molecule has 0 radical (unpaired) electrons. The molecule has 6 nitrogen and oxygen atoms in total. The van der Waals surface area contributed by atoms with Gasteiger partial charge in [-0.3, -0.25) is 14.9 Å². The molecule has 122 valence electrons. The van der Waals surface area contributed by atoms with Gasteiger partial charge in [0.1, 0.15) is 5.58 Å². The summed E-state index contributed by atoms with van der Waals surface area (Å²) in [5.41, 5.74) is 2.06. The maximum atomic E-state index is 12.5. The van der Waals surface area contributed by atoms with Crippen molar-refractivity contribution >= 4 is 44.2 Å². The molecule has 0 fully saturated rings. The predicted octanol–water partition coefficient (Wildman–Crippen LogP) is 4.97. The average Bonchev–Trinajstić information content (AvgIpc) is 2.86. The van der Waals surface area contributed by atoms with E-state index < -0.39 is 10.8 Å². The van der Waals surface area contributed by atoms with Gasteiger partial charge in [-0.05, 0) is 38.1 Å². The Morgan fingerprint density at radius 1 is 1.21 bits per heavy atom. The van der Waals surface area contributed by atoms with E-state index in [1.54, 1.807) is 26.0 Å². The van der Waals surface area contributed by atoms with E-state index in [1.165, 1.54) is 12.1 Å². The second kappa shape index (κ2) is 6.09. The lowest BCUT2D eigenvalue weighted by Gasteiger charge is -2.07. The van der Waals surface area contributed by atoms with Gasteiger partial charge in [0.15, 0.2) is 5.76 Å². The van der Waals surface area contributed by atoms with Gasteiger partial charge in [0, 0.05) is 21.5 Å². The number of benzene rings is 2. The van der Waals surface area contributed by atoms with Gasteiger partial charge >= 0.3 is 0 Å². The number of anilines is 1. The van der Waals surface area contributed by atoms with Crippen LogP contribution in [0.5, 0.6) is 0 Å². The van der Waals surface area contributed by atoms with Crippen molar-refractivity contribution in [1.29, 1.82) is 0 Å². The molecule has 7 heteroatoms. The molecular formula is C17H13BrN2O4. The van der Waals surface area contributed by atoms with E-state index in [9.17, 15) is 14.9 Å². The molecular weight excluding hydrogens is 376 g/mol. The van der Waals surface area contributed by atoms with Crippen LogP contribution in [0.25, 0.3) is 11.0 Å². The zero-order valence-electron chi connectivity index (χ0n) is 12.9. The van der Waals surface area contributed by atoms with E-state index in [2.05, 4.69) is 21.2 Å². The Kier molecular flexibility index (Phi) is 4.11. The second-order valence-electron chi connectivity index (χ2n) is 5.36. The molecule has 1 N–H and O–H groups in total. The Hall–Kier alpha value is -2.67. The van der Waals surface area contributed by atoms with Crippen LogP contribution in [0, 0.1) is 24.0 Å². The molecule has 0 aliphatic heterocycles. The molecule has 0 saturated carbocycles. The topological polar surface area (TPSA) is 85.4 Å². The summed E-state index contributed by atoms with van der Waals surface area (Å²) in [6.07, 6.45) is 0. The Balaban J connectivity index is 1.98. The summed E-state index contributed by atoms with van der Waals surface area (Å²) in [5.74, 6) is -0.252.